The molecule has 3 nitrogen and oxygen atoms in total. The average molecular weight is 312 g/mol. The molecule has 2 aromatic rings. The zero-order valence-electron chi connectivity index (χ0n) is 13.6. The van der Waals surface area contributed by atoms with E-state index in [4.69, 9.17) is 9.84 Å². The van der Waals surface area contributed by atoms with Crippen LogP contribution in [0.2, 0.25) is 0 Å². The molecule has 0 aliphatic rings. The highest BCUT2D eigenvalue weighted by Gasteiger charge is 1.99. The van der Waals surface area contributed by atoms with Crippen LogP contribution in [0.25, 0.3) is 10.8 Å². The monoisotopic (exact) mass is 312 g/mol. The van der Waals surface area contributed by atoms with Crippen LogP contribution in [0.5, 0.6) is 5.75 Å². The minimum absolute atomic E-state index is 0.435. The molecule has 0 unspecified atom stereocenters. The Morgan fingerprint density at radius 1 is 1.04 bits per heavy atom. The van der Waals surface area contributed by atoms with Gasteiger partial charge in [0, 0.05) is 5.57 Å². The number of hydrogen-bond donors (Lipinski definition) is 1. The van der Waals surface area contributed by atoms with E-state index in [-0.39, 0.29) is 0 Å². The standard InChI is InChI=1S/C20H24O3/c1-16(20(21)22)9-5-3-2-4-8-14-23-19-13-12-17-10-6-7-11-18(17)15-19/h6-7,9-13,15H,2-5,8,14H2,1H3,(H,21,22). The molecule has 1 N–H and O–H groups in total. The van der Waals surface area contributed by atoms with Crippen molar-refractivity contribution in [3.63, 3.8) is 0 Å². The zero-order chi connectivity index (χ0) is 16.5. The molecule has 0 aliphatic heterocycles. The first-order chi connectivity index (χ1) is 11.2. The van der Waals surface area contributed by atoms with Crippen LogP contribution in [-0.4, -0.2) is 17.7 Å². The normalized spacial score (nSPS) is 11.6. The largest absolute Gasteiger partial charge is 0.494 e. The van der Waals surface area contributed by atoms with Crippen LogP contribution in [-0.2, 0) is 4.79 Å². The third-order valence-corrected chi connectivity index (χ3v) is 3.88. The van der Waals surface area contributed by atoms with Crippen molar-refractivity contribution < 1.29 is 14.6 Å². The smallest absolute Gasteiger partial charge is 0.330 e. The first kappa shape index (κ1) is 17.1. The van der Waals surface area contributed by atoms with E-state index in [1.54, 1.807) is 13.0 Å². The molecule has 0 saturated carbocycles. The molecule has 0 amide bonds. The van der Waals surface area contributed by atoms with E-state index in [0.29, 0.717) is 5.57 Å². The summed E-state index contributed by atoms with van der Waals surface area (Å²) in [6.07, 6.45) is 6.89. The van der Waals surface area contributed by atoms with Crippen LogP contribution in [0, 0.1) is 0 Å². The zero-order valence-corrected chi connectivity index (χ0v) is 13.6. The van der Waals surface area contributed by atoms with Gasteiger partial charge in [-0.3, -0.25) is 0 Å². The van der Waals surface area contributed by atoms with E-state index in [1.165, 1.54) is 10.8 Å². The van der Waals surface area contributed by atoms with Gasteiger partial charge < -0.3 is 9.84 Å². The average Bonchev–Trinajstić information content (AvgIpc) is 2.56. The van der Waals surface area contributed by atoms with Crippen molar-refractivity contribution in [2.24, 2.45) is 0 Å². The van der Waals surface area contributed by atoms with Gasteiger partial charge in [-0.25, -0.2) is 4.79 Å². The minimum atomic E-state index is -0.825. The Bertz CT molecular complexity index is 673. The Labute approximate surface area is 137 Å². The molecular weight excluding hydrogens is 288 g/mol. The number of unbranched alkanes of at least 4 members (excludes halogenated alkanes) is 4. The predicted molar refractivity (Wildman–Crippen MR) is 93.9 cm³/mol. The molecular formula is C20H24O3. The highest BCUT2D eigenvalue weighted by molar-refractivity contribution is 5.85. The van der Waals surface area contributed by atoms with Crippen molar-refractivity contribution in [1.29, 1.82) is 0 Å². The SMILES string of the molecule is CC(=CCCCCCCOc1ccc2ccccc2c1)C(=O)O. The molecule has 0 radical (unpaired) electrons. The number of allylic oxidation sites excluding steroid dienone is 1. The highest BCUT2D eigenvalue weighted by Crippen LogP contribution is 2.20. The molecule has 0 saturated heterocycles. The highest BCUT2D eigenvalue weighted by atomic mass is 16.5. The number of aliphatic carboxylic acids is 1. The fraction of sp³-hybridized carbons (Fsp3) is 0.350. The van der Waals surface area contributed by atoms with Gasteiger partial charge in [0.25, 0.3) is 0 Å². The fourth-order valence-electron chi connectivity index (χ4n) is 2.45. The Kier molecular flexibility index (Phi) is 6.67. The molecule has 0 spiro atoms. The van der Waals surface area contributed by atoms with Gasteiger partial charge in [0.1, 0.15) is 5.75 Å². The lowest BCUT2D eigenvalue weighted by molar-refractivity contribution is -0.132. The van der Waals surface area contributed by atoms with Crippen molar-refractivity contribution in [1.82, 2.24) is 0 Å². The number of carbonyl (C=O) groups is 1. The number of rotatable bonds is 9. The van der Waals surface area contributed by atoms with Crippen molar-refractivity contribution >= 4 is 16.7 Å². The fourth-order valence-corrected chi connectivity index (χ4v) is 2.45. The van der Waals surface area contributed by atoms with Gasteiger partial charge >= 0.3 is 5.97 Å². The maximum atomic E-state index is 10.6. The van der Waals surface area contributed by atoms with Crippen LogP contribution in [0.4, 0.5) is 0 Å². The molecule has 0 aliphatic carbocycles. The van der Waals surface area contributed by atoms with Gasteiger partial charge in [-0.1, -0.05) is 49.2 Å². The van der Waals surface area contributed by atoms with E-state index in [2.05, 4.69) is 24.3 Å². The lowest BCUT2D eigenvalue weighted by Crippen LogP contribution is -1.97. The second kappa shape index (κ2) is 8.99. The predicted octanol–water partition coefficient (Wildman–Crippen LogP) is 5.20. The second-order valence-electron chi connectivity index (χ2n) is 5.75. The molecule has 2 aromatic carbocycles. The number of carboxylic acid groups (broad SMARTS) is 1. The molecule has 0 heterocycles. The van der Waals surface area contributed by atoms with Crippen molar-refractivity contribution in [2.45, 2.75) is 39.0 Å². The van der Waals surface area contributed by atoms with Gasteiger partial charge in [-0.2, -0.15) is 0 Å². The number of fused-ring (bicyclic) bond motifs is 1. The van der Waals surface area contributed by atoms with Crippen LogP contribution in [0.3, 0.4) is 0 Å². The summed E-state index contributed by atoms with van der Waals surface area (Å²) in [5, 5.41) is 11.2. The summed E-state index contributed by atoms with van der Waals surface area (Å²) in [6.45, 7) is 2.36. The molecule has 0 fully saturated rings. The number of benzene rings is 2. The van der Waals surface area contributed by atoms with Crippen LogP contribution >= 0.6 is 0 Å². The quantitative estimate of drug-likeness (QED) is 0.511. The van der Waals surface area contributed by atoms with Crippen LogP contribution in [0.15, 0.2) is 54.1 Å². The molecule has 122 valence electrons. The Morgan fingerprint density at radius 2 is 1.78 bits per heavy atom. The Morgan fingerprint density at radius 3 is 2.57 bits per heavy atom. The molecule has 0 bridgehead atoms. The summed E-state index contributed by atoms with van der Waals surface area (Å²) < 4.78 is 5.80. The second-order valence-corrected chi connectivity index (χ2v) is 5.75. The summed E-state index contributed by atoms with van der Waals surface area (Å²) in [4.78, 5) is 10.6. The molecule has 2 rings (SSSR count). The third-order valence-electron chi connectivity index (χ3n) is 3.88. The number of hydrogen-bond acceptors (Lipinski definition) is 2. The number of carboxylic acids is 1. The van der Waals surface area contributed by atoms with Crippen molar-refractivity contribution in [2.75, 3.05) is 6.61 Å². The van der Waals surface area contributed by atoms with E-state index in [9.17, 15) is 4.79 Å². The van der Waals surface area contributed by atoms with Crippen molar-refractivity contribution in [3.8, 4) is 5.75 Å². The van der Waals surface area contributed by atoms with E-state index in [0.717, 1.165) is 44.5 Å². The maximum absolute atomic E-state index is 10.6. The third kappa shape index (κ3) is 5.78. The van der Waals surface area contributed by atoms with E-state index >= 15 is 0 Å². The molecule has 3 heteroatoms. The van der Waals surface area contributed by atoms with Gasteiger partial charge in [0.2, 0.25) is 0 Å². The lowest BCUT2D eigenvalue weighted by atomic mass is 10.1. The first-order valence-electron chi connectivity index (χ1n) is 8.18. The summed E-state index contributed by atoms with van der Waals surface area (Å²) >= 11 is 0. The van der Waals surface area contributed by atoms with Gasteiger partial charge in [-0.15, -0.1) is 0 Å². The van der Waals surface area contributed by atoms with E-state index in [1.807, 2.05) is 18.2 Å². The van der Waals surface area contributed by atoms with Gasteiger partial charge in [0.15, 0.2) is 0 Å². The Hall–Kier alpha value is -2.29. The summed E-state index contributed by atoms with van der Waals surface area (Å²) in [5.74, 6) is 0.0949. The van der Waals surface area contributed by atoms with Crippen LogP contribution < -0.4 is 4.74 Å². The van der Waals surface area contributed by atoms with Crippen LogP contribution in [0.1, 0.15) is 39.0 Å². The summed E-state index contributed by atoms with van der Waals surface area (Å²) in [5.41, 5.74) is 0.435. The van der Waals surface area contributed by atoms with Gasteiger partial charge in [-0.05, 0) is 49.1 Å². The van der Waals surface area contributed by atoms with Crippen molar-refractivity contribution in [3.05, 3.63) is 54.1 Å². The van der Waals surface area contributed by atoms with E-state index < -0.39 is 5.97 Å². The summed E-state index contributed by atoms with van der Waals surface area (Å²) in [7, 11) is 0. The van der Waals surface area contributed by atoms with Gasteiger partial charge in [0.05, 0.1) is 6.61 Å². The Balaban J connectivity index is 1.61. The summed E-state index contributed by atoms with van der Waals surface area (Å²) in [6, 6.07) is 14.4. The topological polar surface area (TPSA) is 46.5 Å². The molecule has 23 heavy (non-hydrogen) atoms. The minimum Gasteiger partial charge on any atom is -0.494 e. The lowest BCUT2D eigenvalue weighted by Gasteiger charge is -2.07. The first-order valence-corrected chi connectivity index (χ1v) is 8.18. The maximum Gasteiger partial charge on any atom is 0.330 e. The molecule has 0 atom stereocenters. The number of ether oxygens (including phenoxy) is 1. The molecule has 0 aromatic heterocycles.